The van der Waals surface area contributed by atoms with Crippen LogP contribution in [0.25, 0.3) is 0 Å². The largest absolute Gasteiger partial charge is 0.488 e. The molecule has 1 aliphatic heterocycles. The molecular formula is C26H23BrN2O5S2. The van der Waals surface area contributed by atoms with Crippen LogP contribution < -0.4 is 14.9 Å². The lowest BCUT2D eigenvalue weighted by atomic mass is 10.1. The molecule has 0 radical (unpaired) electrons. The van der Waals surface area contributed by atoms with Crippen molar-refractivity contribution in [2.45, 2.75) is 11.2 Å². The molecule has 0 atom stereocenters. The van der Waals surface area contributed by atoms with Crippen LogP contribution in [-0.4, -0.2) is 41.3 Å². The maximum absolute atomic E-state index is 12.1. The number of nitrogens with zero attached hydrogens (tertiary/aromatic N) is 1. The number of carbonyl (C=O) groups is 2. The molecule has 0 spiro atoms. The third-order valence-corrected chi connectivity index (χ3v) is 8.80. The zero-order valence-corrected chi connectivity index (χ0v) is 22.3. The third kappa shape index (κ3) is 7.52. The van der Waals surface area contributed by atoms with Crippen LogP contribution in [0.1, 0.15) is 31.6 Å². The Morgan fingerprint density at radius 2 is 1.83 bits per heavy atom. The fourth-order valence-electron chi connectivity index (χ4n) is 3.30. The highest BCUT2D eigenvalue weighted by atomic mass is 79.9. The Kier molecular flexibility index (Phi) is 9.32. The monoisotopic (exact) mass is 586 g/mol. The summed E-state index contributed by atoms with van der Waals surface area (Å²) in [6.07, 6.45) is 1.52. The van der Waals surface area contributed by atoms with Crippen molar-refractivity contribution < 1.29 is 24.2 Å². The van der Waals surface area contributed by atoms with Crippen LogP contribution in [0.2, 0.25) is 0 Å². The van der Waals surface area contributed by atoms with E-state index in [0.29, 0.717) is 20.6 Å². The topological polar surface area (TPSA) is 97.2 Å². The second-order valence-corrected chi connectivity index (χ2v) is 11.3. The van der Waals surface area contributed by atoms with Gasteiger partial charge in [0.1, 0.15) is 18.1 Å². The lowest BCUT2D eigenvalue weighted by molar-refractivity contribution is -0.123. The molecule has 10 heteroatoms. The zero-order valence-electron chi connectivity index (χ0n) is 19.1. The molecule has 1 amide bonds. The van der Waals surface area contributed by atoms with Gasteiger partial charge in [0, 0.05) is 11.5 Å². The molecule has 0 aromatic heterocycles. The third-order valence-electron chi connectivity index (χ3n) is 5.07. The number of hydrogen-bond donors (Lipinski definition) is 2. The number of amides is 1. The molecule has 0 aliphatic carbocycles. The van der Waals surface area contributed by atoms with Crippen molar-refractivity contribution in [1.29, 1.82) is 0 Å². The smallest absolute Gasteiger partial charge is 0.335 e. The number of ether oxygens (including phenoxy) is 2. The number of hydrogen-bond acceptors (Lipinski definition) is 7. The van der Waals surface area contributed by atoms with E-state index >= 15 is 0 Å². The van der Waals surface area contributed by atoms with Crippen LogP contribution in [0.3, 0.4) is 0 Å². The number of halogens is 1. The fourth-order valence-corrected chi connectivity index (χ4v) is 6.67. The molecule has 1 heterocycles. The number of thioether (sulfide) groups is 2. The molecule has 4 rings (SSSR count). The molecule has 3 aromatic rings. The van der Waals surface area contributed by atoms with Gasteiger partial charge in [0.05, 0.1) is 20.8 Å². The average molecular weight is 588 g/mol. The van der Waals surface area contributed by atoms with E-state index in [1.54, 1.807) is 36.4 Å². The van der Waals surface area contributed by atoms with E-state index in [9.17, 15) is 9.59 Å². The predicted molar refractivity (Wildman–Crippen MR) is 147 cm³/mol. The second-order valence-electron chi connectivity index (χ2n) is 7.71. The molecule has 0 bridgehead atoms. The van der Waals surface area contributed by atoms with Crippen molar-refractivity contribution in [3.63, 3.8) is 0 Å². The predicted octanol–water partition coefficient (Wildman–Crippen LogP) is 5.73. The normalized spacial score (nSPS) is 13.6. The van der Waals surface area contributed by atoms with E-state index in [2.05, 4.69) is 26.5 Å². The number of rotatable bonds is 10. The highest BCUT2D eigenvalue weighted by Gasteiger charge is 2.18. The van der Waals surface area contributed by atoms with Gasteiger partial charge in [0.25, 0.3) is 5.91 Å². The van der Waals surface area contributed by atoms with Gasteiger partial charge in [-0.05, 0) is 75.1 Å². The van der Waals surface area contributed by atoms with Gasteiger partial charge in [-0.15, -0.1) is 23.5 Å². The summed E-state index contributed by atoms with van der Waals surface area (Å²) in [4.78, 5) is 23.2. The lowest BCUT2D eigenvalue weighted by Crippen LogP contribution is -2.24. The second kappa shape index (κ2) is 12.8. The van der Waals surface area contributed by atoms with Crippen LogP contribution in [0.4, 0.5) is 0 Å². The van der Waals surface area contributed by atoms with Crippen molar-refractivity contribution in [2.24, 2.45) is 5.10 Å². The molecule has 1 fully saturated rings. The molecule has 7 nitrogen and oxygen atoms in total. The van der Waals surface area contributed by atoms with Gasteiger partial charge in [0.15, 0.2) is 6.61 Å². The molecule has 3 aromatic carbocycles. The summed E-state index contributed by atoms with van der Waals surface area (Å²) in [6, 6.07) is 19.8. The van der Waals surface area contributed by atoms with Gasteiger partial charge in [-0.3, -0.25) is 4.79 Å². The first-order valence-corrected chi connectivity index (χ1v) is 13.9. The van der Waals surface area contributed by atoms with Crippen molar-refractivity contribution in [1.82, 2.24) is 5.43 Å². The Hall–Kier alpha value is -2.95. The molecule has 2 N–H and O–H groups in total. The molecule has 1 aliphatic rings. The van der Waals surface area contributed by atoms with Gasteiger partial charge < -0.3 is 14.6 Å². The molecule has 1 saturated heterocycles. The maximum atomic E-state index is 12.1. The van der Waals surface area contributed by atoms with E-state index in [-0.39, 0.29) is 24.7 Å². The van der Waals surface area contributed by atoms with Crippen LogP contribution in [0, 0.1) is 0 Å². The van der Waals surface area contributed by atoms with E-state index in [1.165, 1.54) is 29.4 Å². The van der Waals surface area contributed by atoms with Gasteiger partial charge in [-0.1, -0.05) is 24.3 Å². The van der Waals surface area contributed by atoms with Crippen molar-refractivity contribution >= 4 is 57.5 Å². The highest BCUT2D eigenvalue weighted by molar-refractivity contribution is 9.10. The first kappa shape index (κ1) is 26.1. The number of carbonyl (C=O) groups excluding carboxylic acids is 1. The Bertz CT molecular complexity index is 1250. The van der Waals surface area contributed by atoms with Gasteiger partial charge >= 0.3 is 5.97 Å². The van der Waals surface area contributed by atoms with E-state index in [0.717, 1.165) is 11.1 Å². The van der Waals surface area contributed by atoms with E-state index in [1.807, 2.05) is 47.8 Å². The number of benzene rings is 3. The first-order chi connectivity index (χ1) is 17.5. The first-order valence-electron chi connectivity index (χ1n) is 11.0. The summed E-state index contributed by atoms with van der Waals surface area (Å²) < 4.78 is 12.5. The highest BCUT2D eigenvalue weighted by Crippen LogP contribution is 2.45. The van der Waals surface area contributed by atoms with Crippen LogP contribution in [0.15, 0.2) is 76.3 Å². The van der Waals surface area contributed by atoms with Crippen LogP contribution in [-0.2, 0) is 11.4 Å². The Morgan fingerprint density at radius 3 is 2.56 bits per heavy atom. The lowest BCUT2D eigenvalue weighted by Gasteiger charge is -2.10. The SMILES string of the molecule is O=C(COc1ccc(C2SCCS2)cc1)N/N=C\c1ccc(OCc2cccc(C(=O)O)c2)c(Br)c1. The van der Waals surface area contributed by atoms with Gasteiger partial charge in [-0.25, -0.2) is 10.2 Å². The average Bonchev–Trinajstić information content (AvgIpc) is 3.43. The summed E-state index contributed by atoms with van der Waals surface area (Å²) >= 11 is 7.36. The molecule has 0 unspecified atom stereocenters. The molecule has 36 heavy (non-hydrogen) atoms. The standard InChI is InChI=1S/C26H23BrN2O5S2/c27-22-13-17(4-9-23(22)34-15-18-2-1-3-20(12-18)25(31)32)14-28-29-24(30)16-33-21-7-5-19(6-8-21)26-35-10-11-36-26/h1-9,12-14,26H,10-11,15-16H2,(H,29,30)(H,31,32)/b28-14-. The Balaban J connectivity index is 1.22. The summed E-state index contributed by atoms with van der Waals surface area (Å²) in [5, 5.41) is 13.1. The van der Waals surface area contributed by atoms with Crippen LogP contribution in [0.5, 0.6) is 11.5 Å². The Labute approximate surface area is 225 Å². The van der Waals surface area contributed by atoms with Crippen molar-refractivity contribution in [3.05, 3.63) is 93.5 Å². The fraction of sp³-hybridized carbons (Fsp3) is 0.192. The number of nitrogens with one attached hydrogen (secondary N) is 1. The number of hydrazone groups is 1. The Morgan fingerprint density at radius 1 is 1.06 bits per heavy atom. The van der Waals surface area contributed by atoms with E-state index in [4.69, 9.17) is 14.6 Å². The summed E-state index contributed by atoms with van der Waals surface area (Å²) in [5.41, 5.74) is 5.43. The minimum Gasteiger partial charge on any atom is -0.488 e. The number of aromatic carboxylic acids is 1. The maximum Gasteiger partial charge on any atom is 0.335 e. The van der Waals surface area contributed by atoms with E-state index < -0.39 is 5.97 Å². The quantitative estimate of drug-likeness (QED) is 0.231. The molecule has 186 valence electrons. The summed E-state index contributed by atoms with van der Waals surface area (Å²) in [5.74, 6) is 2.25. The zero-order chi connectivity index (χ0) is 25.3. The molecule has 0 saturated carbocycles. The number of carboxylic acid groups (broad SMARTS) is 1. The number of carboxylic acids is 1. The van der Waals surface area contributed by atoms with Crippen molar-refractivity contribution in [3.8, 4) is 11.5 Å². The summed E-state index contributed by atoms with van der Waals surface area (Å²) in [6.45, 7) is 0.0909. The summed E-state index contributed by atoms with van der Waals surface area (Å²) in [7, 11) is 0. The van der Waals surface area contributed by atoms with Gasteiger partial charge in [-0.2, -0.15) is 5.10 Å². The minimum atomic E-state index is -0.980. The van der Waals surface area contributed by atoms with Crippen molar-refractivity contribution in [2.75, 3.05) is 18.1 Å². The van der Waals surface area contributed by atoms with Crippen LogP contribution >= 0.6 is 39.5 Å². The van der Waals surface area contributed by atoms with Gasteiger partial charge in [0.2, 0.25) is 0 Å². The minimum absolute atomic E-state index is 0.136. The molecular weight excluding hydrogens is 564 g/mol.